The van der Waals surface area contributed by atoms with Gasteiger partial charge in [-0.25, -0.2) is 0 Å². The molecule has 1 unspecified atom stereocenters. The van der Waals surface area contributed by atoms with Crippen LogP contribution in [0.5, 0.6) is 0 Å². The third kappa shape index (κ3) is 2.62. The highest BCUT2D eigenvalue weighted by Crippen LogP contribution is 2.41. The number of carbonyl (C=O) groups is 1. The molecule has 2 fully saturated rings. The number of nitrogens with one attached hydrogen (secondary N) is 1. The molecule has 1 atom stereocenters. The third-order valence-electron chi connectivity index (χ3n) is 3.53. The smallest absolute Gasteiger partial charge is 0.243 e. The number of hydrogen-bond acceptors (Lipinski definition) is 3. The molecule has 1 amide bonds. The van der Waals surface area contributed by atoms with E-state index in [0.29, 0.717) is 12.0 Å². The molecule has 0 aliphatic carbocycles. The molecule has 0 radical (unpaired) electrons. The van der Waals surface area contributed by atoms with Crippen molar-refractivity contribution in [3.8, 4) is 0 Å². The van der Waals surface area contributed by atoms with Gasteiger partial charge in [-0.1, -0.05) is 6.58 Å². The van der Waals surface area contributed by atoms with Gasteiger partial charge in [0.25, 0.3) is 0 Å². The lowest BCUT2D eigenvalue weighted by atomic mass is 9.78. The Hall–Kier alpha value is -0.870. The number of amides is 1. The summed E-state index contributed by atoms with van der Waals surface area (Å²) in [6.45, 7) is 6.51. The van der Waals surface area contributed by atoms with E-state index in [2.05, 4.69) is 11.9 Å². The Labute approximate surface area is 96.0 Å². The van der Waals surface area contributed by atoms with Crippen LogP contribution in [0.3, 0.4) is 0 Å². The van der Waals surface area contributed by atoms with Crippen molar-refractivity contribution in [3.63, 3.8) is 0 Å². The molecule has 4 heteroatoms. The molecule has 4 nitrogen and oxygen atoms in total. The molecule has 0 bridgehead atoms. The normalized spacial score (nSPS) is 27.9. The Morgan fingerprint density at radius 1 is 1.50 bits per heavy atom. The summed E-state index contributed by atoms with van der Waals surface area (Å²) in [6, 6.07) is 0. The van der Waals surface area contributed by atoms with Crippen molar-refractivity contribution < 1.29 is 14.3 Å². The zero-order valence-corrected chi connectivity index (χ0v) is 9.54. The maximum Gasteiger partial charge on any atom is 0.243 e. The lowest BCUT2D eigenvalue weighted by Gasteiger charge is -2.31. The van der Waals surface area contributed by atoms with Crippen molar-refractivity contribution >= 4 is 5.91 Å². The molecule has 2 aliphatic rings. The molecule has 0 aromatic rings. The van der Waals surface area contributed by atoms with Crippen LogP contribution in [-0.4, -0.2) is 38.4 Å². The van der Waals surface area contributed by atoms with E-state index in [1.807, 2.05) is 0 Å². The monoisotopic (exact) mass is 225 g/mol. The van der Waals surface area contributed by atoms with Crippen LogP contribution < -0.4 is 5.32 Å². The van der Waals surface area contributed by atoms with Gasteiger partial charge in [-0.2, -0.15) is 0 Å². The summed E-state index contributed by atoms with van der Waals surface area (Å²) in [4.78, 5) is 11.0. The van der Waals surface area contributed by atoms with Gasteiger partial charge >= 0.3 is 0 Å². The Morgan fingerprint density at radius 3 is 2.94 bits per heavy atom. The molecule has 2 rings (SSSR count). The zero-order valence-electron chi connectivity index (χ0n) is 9.54. The summed E-state index contributed by atoms with van der Waals surface area (Å²) < 4.78 is 11.1. The second-order valence-electron chi connectivity index (χ2n) is 4.70. The van der Waals surface area contributed by atoms with E-state index >= 15 is 0 Å². The van der Waals surface area contributed by atoms with E-state index in [4.69, 9.17) is 9.47 Å². The predicted molar refractivity (Wildman–Crippen MR) is 60.0 cm³/mol. The van der Waals surface area contributed by atoms with Gasteiger partial charge in [-0.15, -0.1) is 0 Å². The lowest BCUT2D eigenvalue weighted by molar-refractivity contribution is -0.116. The van der Waals surface area contributed by atoms with Gasteiger partial charge in [0.05, 0.1) is 12.7 Å². The summed E-state index contributed by atoms with van der Waals surface area (Å²) in [5, 5.41) is 2.78. The molecular weight excluding hydrogens is 206 g/mol. The van der Waals surface area contributed by atoms with Crippen molar-refractivity contribution in [1.29, 1.82) is 0 Å². The lowest BCUT2D eigenvalue weighted by Crippen LogP contribution is -2.33. The average molecular weight is 225 g/mol. The van der Waals surface area contributed by atoms with Gasteiger partial charge in [-0.05, 0) is 25.3 Å². The van der Waals surface area contributed by atoms with E-state index in [1.165, 1.54) is 6.08 Å². The highest BCUT2D eigenvalue weighted by Gasteiger charge is 2.41. The maximum absolute atomic E-state index is 11.0. The van der Waals surface area contributed by atoms with E-state index in [1.54, 1.807) is 0 Å². The Bertz CT molecular complexity index is 271. The van der Waals surface area contributed by atoms with Gasteiger partial charge in [0.1, 0.15) is 0 Å². The molecule has 2 saturated heterocycles. The molecule has 0 saturated carbocycles. The SMILES string of the molecule is C=CC(=O)NCC1CC2(CCOCC2)CO1. The van der Waals surface area contributed by atoms with Crippen molar-refractivity contribution in [2.45, 2.75) is 25.4 Å². The van der Waals surface area contributed by atoms with Gasteiger partial charge in [0, 0.05) is 25.2 Å². The maximum atomic E-state index is 11.0. The summed E-state index contributed by atoms with van der Waals surface area (Å²) in [6.07, 6.45) is 4.65. The summed E-state index contributed by atoms with van der Waals surface area (Å²) in [5.41, 5.74) is 0.307. The molecule has 90 valence electrons. The molecule has 16 heavy (non-hydrogen) atoms. The zero-order chi connectivity index (χ0) is 11.4. The van der Waals surface area contributed by atoms with Crippen LogP contribution in [-0.2, 0) is 14.3 Å². The van der Waals surface area contributed by atoms with E-state index in [9.17, 15) is 4.79 Å². The molecule has 2 heterocycles. The highest BCUT2D eigenvalue weighted by atomic mass is 16.5. The van der Waals surface area contributed by atoms with E-state index in [-0.39, 0.29) is 12.0 Å². The first kappa shape index (κ1) is 11.6. The number of hydrogen-bond donors (Lipinski definition) is 1. The fraction of sp³-hybridized carbons (Fsp3) is 0.750. The van der Waals surface area contributed by atoms with Crippen LogP contribution in [0.4, 0.5) is 0 Å². The largest absolute Gasteiger partial charge is 0.381 e. The third-order valence-corrected chi connectivity index (χ3v) is 3.53. The predicted octanol–water partition coefficient (Wildman–Crippen LogP) is 0.874. The molecule has 1 spiro atoms. The van der Waals surface area contributed by atoms with E-state index < -0.39 is 0 Å². The van der Waals surface area contributed by atoms with Gasteiger partial charge < -0.3 is 14.8 Å². The van der Waals surface area contributed by atoms with Crippen molar-refractivity contribution in [2.75, 3.05) is 26.4 Å². The molecule has 1 N–H and O–H groups in total. The number of carbonyl (C=O) groups excluding carboxylic acids is 1. The van der Waals surface area contributed by atoms with Crippen LogP contribution in [0, 0.1) is 5.41 Å². The van der Waals surface area contributed by atoms with Gasteiger partial charge in [0.15, 0.2) is 0 Å². The number of rotatable bonds is 3. The summed E-state index contributed by atoms with van der Waals surface area (Å²) in [7, 11) is 0. The summed E-state index contributed by atoms with van der Waals surface area (Å²) >= 11 is 0. The molecule has 0 aromatic heterocycles. The minimum absolute atomic E-state index is 0.128. The molecular formula is C12H19NO3. The number of ether oxygens (including phenoxy) is 2. The van der Waals surface area contributed by atoms with E-state index in [0.717, 1.165) is 39.1 Å². The standard InChI is InChI=1S/C12H19NO3/c1-2-11(14)13-8-10-7-12(9-16-10)3-5-15-6-4-12/h2,10H,1,3-9H2,(H,13,14). The van der Waals surface area contributed by atoms with Crippen LogP contribution in [0.2, 0.25) is 0 Å². The Balaban J connectivity index is 1.78. The van der Waals surface area contributed by atoms with Gasteiger partial charge in [-0.3, -0.25) is 4.79 Å². The fourth-order valence-corrected chi connectivity index (χ4v) is 2.47. The first-order chi connectivity index (χ1) is 7.74. The van der Waals surface area contributed by atoms with Crippen molar-refractivity contribution in [3.05, 3.63) is 12.7 Å². The molecule has 0 aromatic carbocycles. The minimum atomic E-state index is -0.128. The minimum Gasteiger partial charge on any atom is -0.381 e. The topological polar surface area (TPSA) is 47.6 Å². The van der Waals surface area contributed by atoms with Gasteiger partial charge in [0.2, 0.25) is 5.91 Å². The van der Waals surface area contributed by atoms with Crippen molar-refractivity contribution in [1.82, 2.24) is 5.32 Å². The summed E-state index contributed by atoms with van der Waals surface area (Å²) in [5.74, 6) is -0.128. The van der Waals surface area contributed by atoms with Crippen LogP contribution >= 0.6 is 0 Å². The highest BCUT2D eigenvalue weighted by molar-refractivity contribution is 5.86. The average Bonchev–Trinajstić information content (AvgIpc) is 2.70. The van der Waals surface area contributed by atoms with Crippen LogP contribution in [0.25, 0.3) is 0 Å². The second-order valence-corrected chi connectivity index (χ2v) is 4.70. The molecule has 2 aliphatic heterocycles. The fourth-order valence-electron chi connectivity index (χ4n) is 2.47. The quantitative estimate of drug-likeness (QED) is 0.725. The first-order valence-electron chi connectivity index (χ1n) is 5.84. The van der Waals surface area contributed by atoms with Crippen molar-refractivity contribution in [2.24, 2.45) is 5.41 Å². The second kappa shape index (κ2) is 4.97. The Morgan fingerprint density at radius 2 is 2.25 bits per heavy atom. The van der Waals surface area contributed by atoms with Crippen LogP contribution in [0.15, 0.2) is 12.7 Å². The first-order valence-corrected chi connectivity index (χ1v) is 5.84. The Kier molecular flexibility index (Phi) is 3.61. The van der Waals surface area contributed by atoms with Crippen LogP contribution in [0.1, 0.15) is 19.3 Å².